The van der Waals surface area contributed by atoms with E-state index in [0.717, 1.165) is 54.3 Å². The Labute approximate surface area is 136 Å². The lowest BCUT2D eigenvalue weighted by Crippen LogP contribution is -2.44. The molecule has 0 aliphatic carbocycles. The van der Waals surface area contributed by atoms with E-state index in [1.165, 1.54) is 5.56 Å². The van der Waals surface area contributed by atoms with E-state index in [1.54, 1.807) is 0 Å². The molecule has 5 nitrogen and oxygen atoms in total. The highest BCUT2D eigenvalue weighted by atomic mass is 15.3. The van der Waals surface area contributed by atoms with Crippen LogP contribution in [0.15, 0.2) is 36.7 Å². The lowest BCUT2D eigenvalue weighted by atomic mass is 10.0. The highest BCUT2D eigenvalue weighted by molar-refractivity contribution is 5.93. The molecule has 1 aromatic carbocycles. The molecule has 0 spiro atoms. The number of hydrogen-bond acceptors (Lipinski definition) is 4. The number of pyridine rings is 1. The van der Waals surface area contributed by atoms with E-state index < -0.39 is 0 Å². The number of aromatic amines is 1. The first kappa shape index (κ1) is 14.2. The SMILES string of the molecule is Cc1ccncc1-c1cccc2[nH]c(N3CCN(C)CC3)nc12. The Kier molecular flexibility index (Phi) is 3.50. The zero-order valence-electron chi connectivity index (χ0n) is 13.6. The van der Waals surface area contributed by atoms with E-state index in [-0.39, 0.29) is 0 Å². The molecule has 1 N–H and O–H groups in total. The lowest BCUT2D eigenvalue weighted by Gasteiger charge is -2.32. The molecule has 0 amide bonds. The van der Waals surface area contributed by atoms with Crippen molar-refractivity contribution >= 4 is 17.0 Å². The summed E-state index contributed by atoms with van der Waals surface area (Å²) >= 11 is 0. The molecule has 23 heavy (non-hydrogen) atoms. The van der Waals surface area contributed by atoms with Crippen molar-refractivity contribution in [2.24, 2.45) is 0 Å². The molecule has 1 aliphatic heterocycles. The molecule has 3 aromatic rings. The number of rotatable bonds is 2. The van der Waals surface area contributed by atoms with E-state index in [9.17, 15) is 0 Å². The number of piperazine rings is 1. The van der Waals surface area contributed by atoms with Crippen LogP contribution in [0.4, 0.5) is 5.95 Å². The topological polar surface area (TPSA) is 48.1 Å². The zero-order valence-corrected chi connectivity index (χ0v) is 13.6. The van der Waals surface area contributed by atoms with Crippen LogP contribution in [0.2, 0.25) is 0 Å². The number of H-pyrrole nitrogens is 1. The Balaban J connectivity index is 1.78. The average molecular weight is 307 g/mol. The van der Waals surface area contributed by atoms with Crippen LogP contribution in [0.1, 0.15) is 5.56 Å². The van der Waals surface area contributed by atoms with Gasteiger partial charge in [-0.3, -0.25) is 4.98 Å². The van der Waals surface area contributed by atoms with E-state index >= 15 is 0 Å². The maximum absolute atomic E-state index is 4.90. The van der Waals surface area contributed by atoms with Crippen LogP contribution in [-0.4, -0.2) is 53.1 Å². The number of nitrogens with zero attached hydrogens (tertiary/aromatic N) is 4. The molecule has 118 valence electrons. The Morgan fingerprint density at radius 1 is 1.04 bits per heavy atom. The minimum Gasteiger partial charge on any atom is -0.340 e. The van der Waals surface area contributed by atoms with Crippen molar-refractivity contribution in [1.29, 1.82) is 0 Å². The number of likely N-dealkylation sites (N-methyl/N-ethyl adjacent to an activating group) is 1. The monoisotopic (exact) mass is 307 g/mol. The van der Waals surface area contributed by atoms with Gasteiger partial charge in [0, 0.05) is 49.7 Å². The first-order chi connectivity index (χ1) is 11.2. The molecule has 0 atom stereocenters. The minimum atomic E-state index is 0.974. The maximum Gasteiger partial charge on any atom is 0.203 e. The summed E-state index contributed by atoms with van der Waals surface area (Å²) in [6.45, 7) is 6.29. The Hall–Kier alpha value is -2.40. The van der Waals surface area contributed by atoms with Crippen LogP contribution in [0.3, 0.4) is 0 Å². The molecule has 1 saturated heterocycles. The fourth-order valence-corrected chi connectivity index (χ4v) is 3.15. The Morgan fingerprint density at radius 3 is 2.65 bits per heavy atom. The number of nitrogens with one attached hydrogen (secondary N) is 1. The second kappa shape index (κ2) is 5.66. The van der Waals surface area contributed by atoms with Gasteiger partial charge in [0.05, 0.1) is 11.0 Å². The second-order valence-corrected chi connectivity index (χ2v) is 6.24. The normalized spacial score (nSPS) is 16.2. The molecule has 3 heterocycles. The summed E-state index contributed by atoms with van der Waals surface area (Å²) < 4.78 is 0. The number of hydrogen-bond donors (Lipinski definition) is 1. The third-order valence-electron chi connectivity index (χ3n) is 4.63. The van der Waals surface area contributed by atoms with Crippen LogP contribution in [-0.2, 0) is 0 Å². The molecular formula is C18H21N5. The van der Waals surface area contributed by atoms with Gasteiger partial charge in [0.25, 0.3) is 0 Å². The van der Waals surface area contributed by atoms with Crippen molar-refractivity contribution in [2.45, 2.75) is 6.92 Å². The van der Waals surface area contributed by atoms with Crippen molar-refractivity contribution in [3.05, 3.63) is 42.2 Å². The van der Waals surface area contributed by atoms with Crippen molar-refractivity contribution in [1.82, 2.24) is 19.9 Å². The van der Waals surface area contributed by atoms with E-state index in [2.05, 4.69) is 51.9 Å². The van der Waals surface area contributed by atoms with E-state index in [4.69, 9.17) is 4.98 Å². The highest BCUT2D eigenvalue weighted by Crippen LogP contribution is 2.30. The van der Waals surface area contributed by atoms with Gasteiger partial charge in [0.1, 0.15) is 0 Å². The molecule has 0 radical (unpaired) electrons. The van der Waals surface area contributed by atoms with Gasteiger partial charge in [-0.2, -0.15) is 0 Å². The summed E-state index contributed by atoms with van der Waals surface area (Å²) in [6, 6.07) is 8.34. The molecule has 0 saturated carbocycles. The summed E-state index contributed by atoms with van der Waals surface area (Å²) in [5, 5.41) is 0. The fourth-order valence-electron chi connectivity index (χ4n) is 3.15. The number of benzene rings is 1. The standard InChI is InChI=1S/C18H21N5/c1-13-6-7-19-12-15(13)14-4-3-5-16-17(14)21-18(20-16)23-10-8-22(2)9-11-23/h3-7,12H,8-11H2,1-2H3,(H,20,21). The second-order valence-electron chi connectivity index (χ2n) is 6.24. The molecule has 2 aromatic heterocycles. The third-order valence-corrected chi connectivity index (χ3v) is 4.63. The van der Waals surface area contributed by atoms with Crippen LogP contribution in [0.25, 0.3) is 22.2 Å². The molecular weight excluding hydrogens is 286 g/mol. The lowest BCUT2D eigenvalue weighted by molar-refractivity contribution is 0.311. The molecule has 0 bridgehead atoms. The summed E-state index contributed by atoms with van der Waals surface area (Å²) in [5.41, 5.74) is 5.62. The summed E-state index contributed by atoms with van der Waals surface area (Å²) in [7, 11) is 2.17. The Bertz CT molecular complexity index is 830. The quantitative estimate of drug-likeness (QED) is 0.791. The van der Waals surface area contributed by atoms with Crippen LogP contribution in [0, 0.1) is 6.92 Å². The van der Waals surface area contributed by atoms with Gasteiger partial charge in [0.2, 0.25) is 5.95 Å². The minimum absolute atomic E-state index is 0.974. The number of anilines is 1. The van der Waals surface area contributed by atoms with Crippen molar-refractivity contribution < 1.29 is 0 Å². The van der Waals surface area contributed by atoms with Gasteiger partial charge in [0.15, 0.2) is 0 Å². The predicted molar refractivity (Wildman–Crippen MR) is 93.8 cm³/mol. The van der Waals surface area contributed by atoms with Crippen molar-refractivity contribution in [2.75, 3.05) is 38.1 Å². The van der Waals surface area contributed by atoms with Crippen LogP contribution in [0.5, 0.6) is 0 Å². The molecule has 5 heteroatoms. The zero-order chi connectivity index (χ0) is 15.8. The predicted octanol–water partition coefficient (Wildman–Crippen LogP) is 2.69. The highest BCUT2D eigenvalue weighted by Gasteiger charge is 2.18. The molecule has 1 fully saturated rings. The summed E-state index contributed by atoms with van der Waals surface area (Å²) in [4.78, 5) is 17.4. The summed E-state index contributed by atoms with van der Waals surface area (Å²) in [6.07, 6.45) is 3.76. The molecule has 1 aliphatic rings. The van der Waals surface area contributed by atoms with Gasteiger partial charge in [-0.05, 0) is 31.7 Å². The number of aryl methyl sites for hydroxylation is 1. The van der Waals surface area contributed by atoms with Crippen molar-refractivity contribution in [3.8, 4) is 11.1 Å². The van der Waals surface area contributed by atoms with Gasteiger partial charge in [-0.25, -0.2) is 4.98 Å². The summed E-state index contributed by atoms with van der Waals surface area (Å²) in [5.74, 6) is 0.974. The van der Waals surface area contributed by atoms with E-state index in [0.29, 0.717) is 0 Å². The number of para-hydroxylation sites is 1. The van der Waals surface area contributed by atoms with Crippen LogP contribution >= 0.6 is 0 Å². The molecule has 4 rings (SSSR count). The van der Waals surface area contributed by atoms with Gasteiger partial charge < -0.3 is 14.8 Å². The maximum atomic E-state index is 4.90. The third kappa shape index (κ3) is 2.57. The number of fused-ring (bicyclic) bond motifs is 1. The number of aromatic nitrogens is 3. The largest absolute Gasteiger partial charge is 0.340 e. The molecule has 0 unspecified atom stereocenters. The van der Waals surface area contributed by atoms with Gasteiger partial charge >= 0.3 is 0 Å². The van der Waals surface area contributed by atoms with E-state index in [1.807, 2.05) is 18.5 Å². The van der Waals surface area contributed by atoms with Crippen LogP contribution < -0.4 is 4.90 Å². The first-order valence-electron chi connectivity index (χ1n) is 8.05. The smallest absolute Gasteiger partial charge is 0.203 e. The number of imidazole rings is 1. The van der Waals surface area contributed by atoms with Crippen molar-refractivity contribution in [3.63, 3.8) is 0 Å². The van der Waals surface area contributed by atoms with Gasteiger partial charge in [-0.15, -0.1) is 0 Å². The average Bonchev–Trinajstić information content (AvgIpc) is 3.00. The Morgan fingerprint density at radius 2 is 1.87 bits per heavy atom. The first-order valence-corrected chi connectivity index (χ1v) is 8.05. The van der Waals surface area contributed by atoms with Gasteiger partial charge in [-0.1, -0.05) is 12.1 Å². The fraction of sp³-hybridized carbons (Fsp3) is 0.333.